The molecule has 0 aromatic carbocycles. The predicted molar refractivity (Wildman–Crippen MR) is 111 cm³/mol. The molecule has 3 fully saturated rings. The number of aliphatic hydroxyl groups excluding tert-OH is 1. The van der Waals surface area contributed by atoms with Crippen molar-refractivity contribution in [3.63, 3.8) is 0 Å². The van der Waals surface area contributed by atoms with Crippen molar-refractivity contribution in [1.29, 1.82) is 0 Å². The summed E-state index contributed by atoms with van der Waals surface area (Å²) in [5.74, 6) is -2.19. The Morgan fingerprint density at radius 3 is 2.63 bits per heavy atom. The van der Waals surface area contributed by atoms with Crippen LogP contribution in [0.15, 0.2) is 10.6 Å². The smallest absolute Gasteiger partial charge is 0.353 e. The quantitative estimate of drug-likeness (QED) is 0.435. The van der Waals surface area contributed by atoms with Crippen LogP contribution in [0.25, 0.3) is 0 Å². The fourth-order valence-electron chi connectivity index (χ4n) is 4.98. The molecule has 0 aromatic heterocycles. The van der Waals surface area contributed by atoms with Gasteiger partial charge in [-0.2, -0.15) is 17.0 Å². The summed E-state index contributed by atoms with van der Waals surface area (Å²) in [6.45, 7) is 5.45. The largest absolute Gasteiger partial charge is 0.477 e. The topological polar surface area (TPSA) is 130 Å². The van der Waals surface area contributed by atoms with Crippen molar-refractivity contribution in [2.24, 2.45) is 11.8 Å². The Morgan fingerprint density at radius 1 is 1.37 bits per heavy atom. The number of nitrogens with zero attached hydrogens (tertiary/aromatic N) is 3. The van der Waals surface area contributed by atoms with Crippen LogP contribution in [0.5, 0.6) is 0 Å². The van der Waals surface area contributed by atoms with Crippen LogP contribution in [-0.4, -0.2) is 101 Å². The van der Waals surface area contributed by atoms with E-state index in [2.05, 4.69) is 5.32 Å². The summed E-state index contributed by atoms with van der Waals surface area (Å²) in [7, 11) is -1.81. The molecule has 3 saturated heterocycles. The number of thioether (sulfide) groups is 1. The van der Waals surface area contributed by atoms with E-state index in [4.69, 9.17) is 0 Å². The van der Waals surface area contributed by atoms with E-state index in [0.29, 0.717) is 37.5 Å². The third-order valence-corrected chi connectivity index (χ3v) is 10.1. The molecule has 10 nitrogen and oxygen atoms in total. The van der Waals surface area contributed by atoms with Crippen LogP contribution in [0.4, 0.5) is 0 Å². The molecule has 0 unspecified atom stereocenters. The third-order valence-electron chi connectivity index (χ3n) is 6.59. The van der Waals surface area contributed by atoms with E-state index in [1.54, 1.807) is 14.0 Å². The van der Waals surface area contributed by atoms with Crippen LogP contribution < -0.4 is 5.32 Å². The molecular weight excluding hydrogens is 432 g/mol. The molecule has 0 bridgehead atoms. The van der Waals surface area contributed by atoms with Crippen LogP contribution in [0, 0.1) is 11.8 Å². The fraction of sp³-hybridized carbons (Fsp3) is 0.778. The van der Waals surface area contributed by atoms with E-state index in [1.807, 2.05) is 6.92 Å². The number of likely N-dealkylation sites (N-methyl/N-ethyl adjacent to an activating group) is 1. The summed E-state index contributed by atoms with van der Waals surface area (Å²) in [6, 6.07) is -0.320. The highest BCUT2D eigenvalue weighted by Crippen LogP contribution is 2.51. The number of rotatable bonds is 6. The average molecular weight is 461 g/mol. The van der Waals surface area contributed by atoms with Gasteiger partial charge in [0.15, 0.2) is 0 Å². The van der Waals surface area contributed by atoms with Gasteiger partial charge < -0.3 is 20.4 Å². The molecule has 168 valence electrons. The molecule has 4 heterocycles. The number of amides is 1. The molecule has 0 radical (unpaired) electrons. The first-order chi connectivity index (χ1) is 14.0. The molecule has 4 rings (SSSR count). The number of nitrogens with one attached hydrogen (secondary N) is 1. The summed E-state index contributed by atoms with van der Waals surface area (Å²) in [5.41, 5.74) is 0.0339. The lowest BCUT2D eigenvalue weighted by Gasteiger charge is -2.46. The fourth-order valence-corrected chi connectivity index (χ4v) is 7.89. The number of β-lactam (4-membered cyclic amide) rings is 1. The molecular formula is C18H28N4O6S2. The number of carboxylic acid groups (broad SMARTS) is 1. The van der Waals surface area contributed by atoms with Gasteiger partial charge in [0.05, 0.1) is 18.1 Å². The van der Waals surface area contributed by atoms with Crippen molar-refractivity contribution in [1.82, 2.24) is 18.8 Å². The number of carbonyl (C=O) groups excluding carboxylic acids is 1. The standard InChI is InChI=1S/C18H28N4O6S2/c1-9-14-13(10(2)23)17(24)22(14)15(18(25)26)16(9)29-12-6-11(19-7-12)8-21-5-4-20(3)30(21,27)28/h9-14,19,23H,4-8H2,1-3H3,(H,25,26)/t9-,10-,11+,12+,13-,14-/m1/s1. The Morgan fingerprint density at radius 2 is 2.07 bits per heavy atom. The van der Waals surface area contributed by atoms with Crippen LogP contribution in [-0.2, 0) is 19.8 Å². The molecule has 4 aliphatic heterocycles. The predicted octanol–water partition coefficient (Wildman–Crippen LogP) is -0.904. The van der Waals surface area contributed by atoms with E-state index < -0.39 is 28.2 Å². The Hall–Kier alpha value is -1.18. The zero-order chi connectivity index (χ0) is 22.0. The number of hydrogen-bond acceptors (Lipinski definition) is 7. The van der Waals surface area contributed by atoms with E-state index in [9.17, 15) is 28.2 Å². The second-order valence-electron chi connectivity index (χ2n) is 8.54. The van der Waals surface area contributed by atoms with Gasteiger partial charge in [0.1, 0.15) is 5.70 Å². The zero-order valence-corrected chi connectivity index (χ0v) is 18.8. The first-order valence-corrected chi connectivity index (χ1v) is 12.4. The number of aliphatic carboxylic acids is 1. The normalized spacial score (nSPS) is 37.5. The van der Waals surface area contributed by atoms with Gasteiger partial charge in [0.25, 0.3) is 10.2 Å². The Bertz CT molecular complexity index is 891. The van der Waals surface area contributed by atoms with Crippen LogP contribution in [0.3, 0.4) is 0 Å². The molecule has 0 saturated carbocycles. The summed E-state index contributed by atoms with van der Waals surface area (Å²) in [6.07, 6.45) is -0.110. The molecule has 6 atom stereocenters. The number of carboxylic acids is 1. The number of fused-ring (bicyclic) bond motifs is 1. The molecule has 12 heteroatoms. The molecule has 30 heavy (non-hydrogen) atoms. The highest BCUT2D eigenvalue weighted by molar-refractivity contribution is 8.03. The average Bonchev–Trinajstić information content (AvgIpc) is 3.27. The third kappa shape index (κ3) is 3.37. The molecule has 3 N–H and O–H groups in total. The number of aliphatic hydroxyl groups is 1. The minimum atomic E-state index is -3.38. The van der Waals surface area contributed by atoms with Crippen LogP contribution >= 0.6 is 11.8 Å². The van der Waals surface area contributed by atoms with Gasteiger partial charge >= 0.3 is 5.97 Å². The monoisotopic (exact) mass is 460 g/mol. The van der Waals surface area contributed by atoms with Crippen molar-refractivity contribution >= 4 is 33.8 Å². The van der Waals surface area contributed by atoms with Crippen molar-refractivity contribution in [2.75, 3.05) is 33.2 Å². The summed E-state index contributed by atoms with van der Waals surface area (Å²) in [4.78, 5) is 26.4. The van der Waals surface area contributed by atoms with Crippen molar-refractivity contribution < 1.29 is 28.2 Å². The van der Waals surface area contributed by atoms with Crippen LogP contribution in [0.2, 0.25) is 0 Å². The molecule has 0 aromatic rings. The lowest BCUT2D eigenvalue weighted by atomic mass is 9.79. The molecule has 0 spiro atoms. The van der Waals surface area contributed by atoms with Crippen LogP contribution in [0.1, 0.15) is 20.3 Å². The lowest BCUT2D eigenvalue weighted by molar-refractivity contribution is -0.163. The Labute approximate surface area is 180 Å². The maximum Gasteiger partial charge on any atom is 0.353 e. The summed E-state index contributed by atoms with van der Waals surface area (Å²) in [5, 5.41) is 23.1. The van der Waals surface area contributed by atoms with E-state index in [-0.39, 0.29) is 34.9 Å². The van der Waals surface area contributed by atoms with Gasteiger partial charge in [-0.3, -0.25) is 4.79 Å². The SMILES string of the molecule is C[C@@H](O)[C@H]1C(=O)N2C(C(=O)O)=C(S[C@@H]3CN[C@H](CN4CCN(C)S4(=O)=O)C3)[C@H](C)[C@H]12. The van der Waals surface area contributed by atoms with Gasteiger partial charge in [0, 0.05) is 55.3 Å². The van der Waals surface area contributed by atoms with Crippen molar-refractivity contribution in [3.8, 4) is 0 Å². The van der Waals surface area contributed by atoms with Crippen molar-refractivity contribution in [3.05, 3.63) is 10.6 Å². The minimum absolute atomic E-state index is 0.00163. The van der Waals surface area contributed by atoms with E-state index in [1.165, 1.54) is 25.3 Å². The number of carbonyl (C=O) groups is 2. The lowest BCUT2D eigenvalue weighted by Crippen LogP contribution is -2.63. The van der Waals surface area contributed by atoms with Gasteiger partial charge in [-0.25, -0.2) is 4.79 Å². The highest BCUT2D eigenvalue weighted by Gasteiger charge is 2.60. The maximum atomic E-state index is 12.4. The first kappa shape index (κ1) is 22.0. The second kappa shape index (κ2) is 7.75. The van der Waals surface area contributed by atoms with Gasteiger partial charge in [-0.1, -0.05) is 6.92 Å². The van der Waals surface area contributed by atoms with Gasteiger partial charge in [-0.05, 0) is 13.3 Å². The summed E-state index contributed by atoms with van der Waals surface area (Å²) >= 11 is 1.47. The zero-order valence-electron chi connectivity index (χ0n) is 17.2. The summed E-state index contributed by atoms with van der Waals surface area (Å²) < 4.78 is 27.4. The van der Waals surface area contributed by atoms with Gasteiger partial charge in [-0.15, -0.1) is 11.8 Å². The highest BCUT2D eigenvalue weighted by atomic mass is 32.2. The first-order valence-electron chi connectivity index (χ1n) is 10.1. The molecule has 4 aliphatic rings. The van der Waals surface area contributed by atoms with Gasteiger partial charge in [0.2, 0.25) is 5.91 Å². The van der Waals surface area contributed by atoms with Crippen molar-refractivity contribution in [2.45, 2.75) is 43.7 Å². The number of hydrogen-bond donors (Lipinski definition) is 3. The molecule has 1 amide bonds. The maximum absolute atomic E-state index is 12.4. The molecule has 0 aliphatic carbocycles. The van der Waals surface area contributed by atoms with E-state index in [0.717, 1.165) is 0 Å². The Balaban J connectivity index is 1.44. The second-order valence-corrected chi connectivity index (χ2v) is 11.9. The van der Waals surface area contributed by atoms with E-state index >= 15 is 0 Å². The Kier molecular flexibility index (Phi) is 5.69. The minimum Gasteiger partial charge on any atom is -0.477 e.